The van der Waals surface area contributed by atoms with E-state index in [0.29, 0.717) is 5.95 Å². The zero-order valence-electron chi connectivity index (χ0n) is 9.74. The molecule has 0 fully saturated rings. The van der Waals surface area contributed by atoms with Crippen molar-refractivity contribution in [2.75, 3.05) is 5.32 Å². The second-order valence-corrected chi connectivity index (χ2v) is 4.88. The maximum absolute atomic E-state index is 10.5. The maximum Gasteiger partial charge on any atom is 0.305 e. The molecule has 6 nitrogen and oxygen atoms in total. The van der Waals surface area contributed by atoms with Crippen LogP contribution in [-0.2, 0) is 6.42 Å². The first-order valence-electron chi connectivity index (χ1n) is 5.40. The summed E-state index contributed by atoms with van der Waals surface area (Å²) in [5.41, 5.74) is -0.105. The summed E-state index contributed by atoms with van der Waals surface area (Å²) in [7, 11) is 0. The molecular formula is C11H12N4O2S. The first-order valence-corrected chi connectivity index (χ1v) is 6.28. The molecule has 0 aromatic carbocycles. The van der Waals surface area contributed by atoms with Gasteiger partial charge >= 0.3 is 5.69 Å². The standard InChI is InChI=1S/C11H12N4O2S/c1-8(5-10-3-2-4-18-10)14-11-12-6-9(7-13-11)15(16)17/h2-4,6-8H,5H2,1H3,(H,12,13,14). The molecule has 2 aromatic rings. The fraction of sp³-hybridized carbons (Fsp3) is 0.273. The number of hydrogen-bond donors (Lipinski definition) is 1. The van der Waals surface area contributed by atoms with Crippen molar-refractivity contribution in [3.63, 3.8) is 0 Å². The van der Waals surface area contributed by atoms with Gasteiger partial charge in [0.2, 0.25) is 5.95 Å². The van der Waals surface area contributed by atoms with Crippen LogP contribution in [0.4, 0.5) is 11.6 Å². The van der Waals surface area contributed by atoms with Gasteiger partial charge in [-0.1, -0.05) is 6.07 Å². The third-order valence-electron chi connectivity index (χ3n) is 2.31. The average Bonchev–Trinajstić information content (AvgIpc) is 2.82. The van der Waals surface area contributed by atoms with E-state index in [1.165, 1.54) is 17.3 Å². The van der Waals surface area contributed by atoms with E-state index in [9.17, 15) is 10.1 Å². The van der Waals surface area contributed by atoms with Gasteiger partial charge in [-0.3, -0.25) is 10.1 Å². The number of hydrogen-bond acceptors (Lipinski definition) is 6. The van der Waals surface area contributed by atoms with Crippen LogP contribution < -0.4 is 5.32 Å². The Hall–Kier alpha value is -2.02. The first kappa shape index (κ1) is 12.4. The molecule has 0 saturated heterocycles. The largest absolute Gasteiger partial charge is 0.351 e. The molecule has 1 unspecified atom stereocenters. The molecule has 1 N–H and O–H groups in total. The van der Waals surface area contributed by atoms with Crippen LogP contribution >= 0.6 is 11.3 Å². The summed E-state index contributed by atoms with van der Waals surface area (Å²) >= 11 is 1.70. The van der Waals surface area contributed by atoms with Crippen LogP contribution in [0, 0.1) is 10.1 Å². The third-order valence-corrected chi connectivity index (χ3v) is 3.21. The van der Waals surface area contributed by atoms with Crippen LogP contribution in [0.2, 0.25) is 0 Å². The highest BCUT2D eigenvalue weighted by Crippen LogP contribution is 2.13. The summed E-state index contributed by atoms with van der Waals surface area (Å²) in [5, 5.41) is 15.6. The minimum Gasteiger partial charge on any atom is -0.351 e. The molecule has 0 spiro atoms. The average molecular weight is 264 g/mol. The quantitative estimate of drug-likeness (QED) is 0.662. The van der Waals surface area contributed by atoms with Crippen molar-refractivity contribution in [1.82, 2.24) is 9.97 Å². The van der Waals surface area contributed by atoms with Gasteiger partial charge in [0.05, 0.1) is 4.92 Å². The maximum atomic E-state index is 10.5. The van der Waals surface area contributed by atoms with Crippen molar-refractivity contribution < 1.29 is 4.92 Å². The molecule has 7 heteroatoms. The SMILES string of the molecule is CC(Cc1cccs1)Nc1ncc([N+](=O)[O-])cn1. The van der Waals surface area contributed by atoms with Crippen molar-refractivity contribution in [3.8, 4) is 0 Å². The van der Waals surface area contributed by atoms with E-state index in [4.69, 9.17) is 0 Å². The Morgan fingerprint density at radius 3 is 2.78 bits per heavy atom. The fourth-order valence-corrected chi connectivity index (χ4v) is 2.33. The lowest BCUT2D eigenvalue weighted by molar-refractivity contribution is -0.385. The Bertz CT molecular complexity index is 512. The molecule has 0 aliphatic heterocycles. The van der Waals surface area contributed by atoms with Crippen molar-refractivity contribution in [1.29, 1.82) is 0 Å². The smallest absolute Gasteiger partial charge is 0.305 e. The van der Waals surface area contributed by atoms with Crippen molar-refractivity contribution in [3.05, 3.63) is 44.9 Å². The molecule has 0 aliphatic rings. The van der Waals surface area contributed by atoms with E-state index in [1.54, 1.807) is 11.3 Å². The predicted molar refractivity (Wildman–Crippen MR) is 69.8 cm³/mol. The second-order valence-electron chi connectivity index (χ2n) is 3.85. The molecule has 0 bridgehead atoms. The lowest BCUT2D eigenvalue weighted by atomic mass is 10.2. The first-order chi connectivity index (χ1) is 8.65. The Kier molecular flexibility index (Phi) is 3.83. The van der Waals surface area contributed by atoms with Gasteiger partial charge in [-0.2, -0.15) is 0 Å². The molecule has 0 aliphatic carbocycles. The zero-order chi connectivity index (χ0) is 13.0. The number of nitrogens with zero attached hydrogens (tertiary/aromatic N) is 3. The number of rotatable bonds is 5. The van der Waals surface area contributed by atoms with Gasteiger partial charge < -0.3 is 5.32 Å². The predicted octanol–water partition coefficient (Wildman–Crippen LogP) is 2.49. The van der Waals surface area contributed by atoms with Crippen LogP contribution in [0.25, 0.3) is 0 Å². The van der Waals surface area contributed by atoms with Crippen molar-refractivity contribution in [2.24, 2.45) is 0 Å². The number of thiophene rings is 1. The Morgan fingerprint density at radius 1 is 1.50 bits per heavy atom. The highest BCUT2D eigenvalue weighted by molar-refractivity contribution is 7.09. The Morgan fingerprint density at radius 2 is 2.22 bits per heavy atom. The molecular weight excluding hydrogens is 252 g/mol. The molecule has 0 radical (unpaired) electrons. The minimum absolute atomic E-state index is 0.105. The third kappa shape index (κ3) is 3.24. The van der Waals surface area contributed by atoms with Crippen LogP contribution in [0.1, 0.15) is 11.8 Å². The Balaban J connectivity index is 1.94. The van der Waals surface area contributed by atoms with E-state index < -0.39 is 4.92 Å². The highest BCUT2D eigenvalue weighted by atomic mass is 32.1. The molecule has 1 atom stereocenters. The van der Waals surface area contributed by atoms with E-state index in [1.807, 2.05) is 18.4 Å². The normalized spacial score (nSPS) is 12.1. The molecule has 0 amide bonds. The van der Waals surface area contributed by atoms with Gasteiger partial charge in [-0.25, -0.2) is 9.97 Å². The number of aromatic nitrogens is 2. The van der Waals surface area contributed by atoms with Crippen LogP contribution in [0.3, 0.4) is 0 Å². The number of nitrogens with one attached hydrogen (secondary N) is 1. The fourth-order valence-electron chi connectivity index (χ4n) is 1.49. The van der Waals surface area contributed by atoms with Gasteiger partial charge in [-0.15, -0.1) is 11.3 Å². The number of anilines is 1. The molecule has 2 aromatic heterocycles. The summed E-state index contributed by atoms with van der Waals surface area (Å²) in [5.74, 6) is 0.407. The summed E-state index contributed by atoms with van der Waals surface area (Å²) in [4.78, 5) is 19.0. The summed E-state index contributed by atoms with van der Waals surface area (Å²) in [6, 6.07) is 4.25. The second kappa shape index (κ2) is 5.54. The van der Waals surface area contributed by atoms with Gasteiger partial charge in [0.1, 0.15) is 12.4 Å². The summed E-state index contributed by atoms with van der Waals surface area (Å²) in [6.07, 6.45) is 3.28. The molecule has 2 heterocycles. The van der Waals surface area contributed by atoms with Gasteiger partial charge in [0.25, 0.3) is 0 Å². The van der Waals surface area contributed by atoms with Crippen LogP contribution in [-0.4, -0.2) is 20.9 Å². The Labute approximate surface area is 108 Å². The van der Waals surface area contributed by atoms with Crippen molar-refractivity contribution >= 4 is 23.0 Å². The lowest BCUT2D eigenvalue weighted by Crippen LogP contribution is -2.19. The van der Waals surface area contributed by atoms with Gasteiger partial charge in [0.15, 0.2) is 0 Å². The molecule has 2 rings (SSSR count). The van der Waals surface area contributed by atoms with Gasteiger partial charge in [-0.05, 0) is 18.4 Å². The van der Waals surface area contributed by atoms with E-state index >= 15 is 0 Å². The topological polar surface area (TPSA) is 81.0 Å². The highest BCUT2D eigenvalue weighted by Gasteiger charge is 2.09. The minimum atomic E-state index is -0.515. The summed E-state index contributed by atoms with van der Waals surface area (Å²) < 4.78 is 0. The van der Waals surface area contributed by atoms with Crippen LogP contribution in [0.5, 0.6) is 0 Å². The monoisotopic (exact) mass is 264 g/mol. The molecule has 0 saturated carbocycles. The van der Waals surface area contributed by atoms with Gasteiger partial charge in [0, 0.05) is 17.3 Å². The zero-order valence-corrected chi connectivity index (χ0v) is 10.6. The lowest BCUT2D eigenvalue weighted by Gasteiger charge is -2.12. The van der Waals surface area contributed by atoms with E-state index in [2.05, 4.69) is 21.4 Å². The summed E-state index contributed by atoms with van der Waals surface area (Å²) in [6.45, 7) is 2.02. The van der Waals surface area contributed by atoms with Crippen molar-refractivity contribution in [2.45, 2.75) is 19.4 Å². The molecule has 94 valence electrons. The molecule has 18 heavy (non-hydrogen) atoms. The van der Waals surface area contributed by atoms with E-state index in [0.717, 1.165) is 6.42 Å². The van der Waals surface area contributed by atoms with E-state index in [-0.39, 0.29) is 11.7 Å². The van der Waals surface area contributed by atoms with Crippen LogP contribution in [0.15, 0.2) is 29.9 Å². The number of nitro groups is 1.